The summed E-state index contributed by atoms with van der Waals surface area (Å²) in [6.07, 6.45) is 9.56. The Balaban J connectivity index is 1.40. The minimum atomic E-state index is 0.368. The van der Waals surface area contributed by atoms with Crippen molar-refractivity contribution in [2.24, 2.45) is 5.41 Å². The lowest BCUT2D eigenvalue weighted by molar-refractivity contribution is 0.232. The molecule has 2 aliphatic rings. The number of aromatic amines is 1. The van der Waals surface area contributed by atoms with Gasteiger partial charge in [0.25, 0.3) is 0 Å². The number of fused-ring (bicyclic) bond motifs is 2. The van der Waals surface area contributed by atoms with Gasteiger partial charge in [-0.1, -0.05) is 18.5 Å². The summed E-state index contributed by atoms with van der Waals surface area (Å²) in [7, 11) is 0. The molecule has 6 heterocycles. The molecule has 0 radical (unpaired) electrons. The molecule has 33 heavy (non-hydrogen) atoms. The van der Waals surface area contributed by atoms with E-state index in [1.54, 1.807) is 18.6 Å². The number of nitrogens with zero attached hydrogens (tertiary/aromatic N) is 6. The van der Waals surface area contributed by atoms with Crippen molar-refractivity contribution in [1.82, 2.24) is 35.2 Å². The number of halogens is 1. The molecule has 0 saturated carbocycles. The van der Waals surface area contributed by atoms with Crippen molar-refractivity contribution in [2.45, 2.75) is 42.7 Å². The molecule has 2 N–H and O–H groups in total. The molecule has 0 atom stereocenters. The Morgan fingerprint density at radius 2 is 1.97 bits per heavy atom. The lowest BCUT2D eigenvalue weighted by Gasteiger charge is -2.34. The van der Waals surface area contributed by atoms with Crippen molar-refractivity contribution in [3.8, 4) is 0 Å². The first kappa shape index (κ1) is 21.1. The van der Waals surface area contributed by atoms with Crippen molar-refractivity contribution in [1.29, 1.82) is 0 Å². The number of aromatic nitrogens is 6. The summed E-state index contributed by atoms with van der Waals surface area (Å²) in [6, 6.07) is 1.98. The second-order valence-electron chi connectivity index (χ2n) is 8.92. The van der Waals surface area contributed by atoms with Crippen LogP contribution in [0.2, 0.25) is 5.02 Å². The van der Waals surface area contributed by atoms with Crippen molar-refractivity contribution in [2.75, 3.05) is 31.1 Å². The van der Waals surface area contributed by atoms with Crippen LogP contribution in [0.5, 0.6) is 0 Å². The second-order valence-corrected chi connectivity index (χ2v) is 10.3. The largest absolute Gasteiger partial charge is 0.355 e. The molecule has 2 fully saturated rings. The third-order valence-electron chi connectivity index (χ3n) is 6.89. The smallest absolute Gasteiger partial charge is 0.196 e. The lowest BCUT2D eigenvalue weighted by atomic mass is 9.78. The van der Waals surface area contributed by atoms with Gasteiger partial charge in [-0.15, -0.1) is 0 Å². The molecular formula is C23H25ClN8S. The molecule has 0 bridgehead atoms. The molecule has 4 aromatic rings. The fourth-order valence-corrected chi connectivity index (χ4v) is 6.18. The van der Waals surface area contributed by atoms with Crippen LogP contribution in [0.25, 0.3) is 22.2 Å². The first-order valence-electron chi connectivity index (χ1n) is 11.4. The number of piperidine rings is 1. The van der Waals surface area contributed by atoms with Gasteiger partial charge in [0.15, 0.2) is 10.8 Å². The molecule has 6 rings (SSSR count). The molecule has 4 aromatic heterocycles. The van der Waals surface area contributed by atoms with Crippen molar-refractivity contribution < 1.29 is 0 Å². The van der Waals surface area contributed by atoms with Gasteiger partial charge in [-0.05, 0) is 62.0 Å². The average Bonchev–Trinajstić information content (AvgIpc) is 3.39. The lowest BCUT2D eigenvalue weighted by Crippen LogP contribution is -2.38. The standard InChI is InChI=1S/C23H25ClN8S/c1-2-15-18(24)17-20(29-15)30-22(33-14-11-16-19(28-12-14)27-9-8-26-16)31-21(17)32-10-5-23(13-32)3-6-25-7-4-23/h8-9,11-12,25H,2-7,10,13H2,1H3,(H,29,30,31). The minimum absolute atomic E-state index is 0.368. The summed E-state index contributed by atoms with van der Waals surface area (Å²) < 4.78 is 0. The van der Waals surface area contributed by atoms with Crippen LogP contribution in [0, 0.1) is 5.41 Å². The van der Waals surface area contributed by atoms with Gasteiger partial charge in [-0.3, -0.25) is 4.98 Å². The number of hydrogen-bond donors (Lipinski definition) is 2. The Kier molecular flexibility index (Phi) is 5.35. The molecule has 10 heteroatoms. The van der Waals surface area contributed by atoms with Gasteiger partial charge in [0, 0.05) is 42.3 Å². The number of nitrogens with one attached hydrogen (secondary N) is 2. The van der Waals surface area contributed by atoms with Crippen LogP contribution in [0.3, 0.4) is 0 Å². The van der Waals surface area contributed by atoms with Crippen LogP contribution in [-0.2, 0) is 6.42 Å². The van der Waals surface area contributed by atoms with E-state index in [4.69, 9.17) is 21.6 Å². The van der Waals surface area contributed by atoms with Crippen molar-refractivity contribution in [3.63, 3.8) is 0 Å². The Hall–Kier alpha value is -2.49. The molecule has 0 unspecified atom stereocenters. The van der Waals surface area contributed by atoms with Crippen LogP contribution in [-0.4, -0.2) is 56.1 Å². The Bertz CT molecular complexity index is 1330. The zero-order chi connectivity index (χ0) is 22.4. The molecule has 170 valence electrons. The first-order chi connectivity index (χ1) is 16.1. The molecule has 8 nitrogen and oxygen atoms in total. The van der Waals surface area contributed by atoms with Gasteiger partial charge in [0.05, 0.1) is 10.4 Å². The Morgan fingerprint density at radius 3 is 2.82 bits per heavy atom. The number of aryl methyl sites for hydroxylation is 1. The zero-order valence-corrected chi connectivity index (χ0v) is 20.0. The molecule has 0 aromatic carbocycles. The average molecular weight is 481 g/mol. The molecule has 0 amide bonds. The number of pyridine rings is 1. The summed E-state index contributed by atoms with van der Waals surface area (Å²) in [6.45, 7) is 6.29. The fraction of sp³-hybridized carbons (Fsp3) is 0.435. The summed E-state index contributed by atoms with van der Waals surface area (Å²) in [5.41, 5.74) is 3.55. The van der Waals surface area contributed by atoms with E-state index in [1.807, 2.05) is 6.07 Å². The van der Waals surface area contributed by atoms with Crippen molar-refractivity contribution in [3.05, 3.63) is 35.4 Å². The maximum absolute atomic E-state index is 6.82. The van der Waals surface area contributed by atoms with E-state index in [1.165, 1.54) is 31.0 Å². The molecule has 2 aliphatic heterocycles. The first-order valence-corrected chi connectivity index (χ1v) is 12.6. The summed E-state index contributed by atoms with van der Waals surface area (Å²) in [5, 5.41) is 5.86. The third kappa shape index (κ3) is 3.82. The highest BCUT2D eigenvalue weighted by atomic mass is 35.5. The van der Waals surface area contributed by atoms with E-state index < -0.39 is 0 Å². The van der Waals surface area contributed by atoms with Crippen LogP contribution in [0.1, 0.15) is 31.9 Å². The Labute approximate surface area is 201 Å². The highest BCUT2D eigenvalue weighted by Crippen LogP contribution is 2.43. The monoisotopic (exact) mass is 480 g/mol. The van der Waals surface area contributed by atoms with Crippen LogP contribution in [0.15, 0.2) is 34.7 Å². The third-order valence-corrected chi connectivity index (χ3v) is 8.13. The maximum Gasteiger partial charge on any atom is 0.196 e. The molecule has 0 aliphatic carbocycles. The molecular weight excluding hydrogens is 456 g/mol. The second kappa shape index (κ2) is 8.38. The van der Waals surface area contributed by atoms with Gasteiger partial charge in [0.1, 0.15) is 17.0 Å². The fourth-order valence-electron chi connectivity index (χ4n) is 5.07. The predicted octanol–water partition coefficient (Wildman–Crippen LogP) is 4.24. The van der Waals surface area contributed by atoms with E-state index in [9.17, 15) is 0 Å². The van der Waals surface area contributed by atoms with E-state index >= 15 is 0 Å². The highest BCUT2D eigenvalue weighted by molar-refractivity contribution is 7.99. The van der Waals surface area contributed by atoms with E-state index in [-0.39, 0.29) is 0 Å². The van der Waals surface area contributed by atoms with Crippen LogP contribution < -0.4 is 10.2 Å². The van der Waals surface area contributed by atoms with Crippen molar-refractivity contribution >= 4 is 51.4 Å². The summed E-state index contributed by atoms with van der Waals surface area (Å²) in [5.74, 6) is 0.937. The van der Waals surface area contributed by atoms with Gasteiger partial charge < -0.3 is 15.2 Å². The molecule has 2 saturated heterocycles. The maximum atomic E-state index is 6.82. The quantitative estimate of drug-likeness (QED) is 0.419. The van der Waals surface area contributed by atoms with Gasteiger partial charge in [-0.25, -0.2) is 19.9 Å². The normalized spacial score (nSPS) is 18.1. The van der Waals surface area contributed by atoms with Crippen LogP contribution in [0.4, 0.5) is 5.82 Å². The Morgan fingerprint density at radius 1 is 1.12 bits per heavy atom. The molecule has 1 spiro atoms. The van der Waals surface area contributed by atoms with E-state index in [0.717, 1.165) is 70.6 Å². The zero-order valence-electron chi connectivity index (χ0n) is 18.4. The van der Waals surface area contributed by atoms with Crippen LogP contribution >= 0.6 is 23.4 Å². The number of rotatable bonds is 4. The van der Waals surface area contributed by atoms with E-state index in [2.05, 4.69) is 37.1 Å². The van der Waals surface area contributed by atoms with Gasteiger partial charge in [-0.2, -0.15) is 0 Å². The number of H-pyrrole nitrogens is 1. The summed E-state index contributed by atoms with van der Waals surface area (Å²) in [4.78, 5) is 29.7. The van der Waals surface area contributed by atoms with Gasteiger partial charge in [0.2, 0.25) is 0 Å². The topological polar surface area (TPSA) is 95.5 Å². The number of anilines is 1. The predicted molar refractivity (Wildman–Crippen MR) is 131 cm³/mol. The summed E-state index contributed by atoms with van der Waals surface area (Å²) >= 11 is 8.30. The van der Waals surface area contributed by atoms with E-state index in [0.29, 0.717) is 16.2 Å². The van der Waals surface area contributed by atoms with Gasteiger partial charge >= 0.3 is 0 Å². The number of hydrogen-bond acceptors (Lipinski definition) is 8. The highest BCUT2D eigenvalue weighted by Gasteiger charge is 2.40. The minimum Gasteiger partial charge on any atom is -0.355 e. The SMILES string of the molecule is CCc1[nH]c2nc(Sc3cnc4nccnc4c3)nc(N3CCC4(CCNCC4)C3)c2c1Cl.